The predicted octanol–water partition coefficient (Wildman–Crippen LogP) is 2.39. The first kappa shape index (κ1) is 22.6. The Kier molecular flexibility index (Phi) is 6.27. The number of amides is 2. The van der Waals surface area contributed by atoms with Crippen molar-refractivity contribution in [2.75, 3.05) is 32.4 Å². The highest BCUT2D eigenvalue weighted by molar-refractivity contribution is 7.90. The number of non-ortho nitro benzene ring substituents is 1. The van der Waals surface area contributed by atoms with E-state index in [1.54, 1.807) is 0 Å². The van der Waals surface area contributed by atoms with Gasteiger partial charge in [-0.3, -0.25) is 19.7 Å². The van der Waals surface area contributed by atoms with Gasteiger partial charge in [0.1, 0.15) is 5.82 Å². The zero-order chi connectivity index (χ0) is 22.9. The molecule has 1 fully saturated rings. The maximum absolute atomic E-state index is 13.2. The van der Waals surface area contributed by atoms with Crippen LogP contribution in [0.2, 0.25) is 5.02 Å². The van der Waals surface area contributed by atoms with Gasteiger partial charge >= 0.3 is 0 Å². The molecule has 0 atom stereocenters. The van der Waals surface area contributed by atoms with Crippen LogP contribution in [-0.2, 0) is 9.84 Å². The van der Waals surface area contributed by atoms with Crippen LogP contribution in [0.5, 0.6) is 0 Å². The Morgan fingerprint density at radius 1 is 1.03 bits per heavy atom. The molecule has 1 heterocycles. The summed E-state index contributed by atoms with van der Waals surface area (Å²) in [7, 11) is -3.77. The lowest BCUT2D eigenvalue weighted by Gasteiger charge is -2.35. The molecule has 31 heavy (non-hydrogen) atoms. The molecule has 0 aliphatic carbocycles. The standard InChI is InChI=1S/C19H17ClFN3O6S/c1-31(29,30)15-9-12(8-14(11-15)24(27)28)18(25)22-4-6-23(7-5-22)19(26)16-3-2-13(21)10-17(16)20/h2-3,8-11H,4-7H2,1H3. The SMILES string of the molecule is CS(=O)(=O)c1cc(C(=O)N2CCN(C(=O)c3ccc(F)cc3Cl)CC2)cc([N+](=O)[O-])c1. The van der Waals surface area contributed by atoms with E-state index in [0.717, 1.165) is 36.6 Å². The number of benzene rings is 2. The molecule has 1 aliphatic rings. The minimum atomic E-state index is -3.77. The first-order valence-electron chi connectivity index (χ1n) is 9.00. The largest absolute Gasteiger partial charge is 0.335 e. The maximum Gasteiger partial charge on any atom is 0.271 e. The summed E-state index contributed by atoms with van der Waals surface area (Å²) in [5.41, 5.74) is -0.499. The lowest BCUT2D eigenvalue weighted by Crippen LogP contribution is -2.50. The molecule has 12 heteroatoms. The van der Waals surface area contributed by atoms with Gasteiger partial charge in [0.15, 0.2) is 9.84 Å². The second-order valence-corrected chi connectivity index (χ2v) is 9.38. The number of sulfone groups is 1. The Balaban J connectivity index is 1.76. The summed E-state index contributed by atoms with van der Waals surface area (Å²) >= 11 is 5.94. The molecule has 3 rings (SSSR count). The Morgan fingerprint density at radius 2 is 1.61 bits per heavy atom. The number of rotatable bonds is 4. The van der Waals surface area contributed by atoms with Gasteiger partial charge in [-0.15, -0.1) is 0 Å². The second-order valence-electron chi connectivity index (χ2n) is 6.95. The average Bonchev–Trinajstić information content (AvgIpc) is 2.72. The number of piperazine rings is 1. The van der Waals surface area contributed by atoms with Gasteiger partial charge in [0.25, 0.3) is 17.5 Å². The number of carbonyl (C=O) groups is 2. The van der Waals surface area contributed by atoms with Gasteiger partial charge < -0.3 is 9.80 Å². The first-order valence-corrected chi connectivity index (χ1v) is 11.3. The van der Waals surface area contributed by atoms with Gasteiger partial charge in [-0.2, -0.15) is 0 Å². The predicted molar refractivity (Wildman–Crippen MR) is 109 cm³/mol. The molecule has 164 valence electrons. The minimum Gasteiger partial charge on any atom is -0.335 e. The number of nitrogens with zero attached hydrogens (tertiary/aromatic N) is 3. The molecule has 0 spiro atoms. The summed E-state index contributed by atoms with van der Waals surface area (Å²) in [5, 5.41) is 11.1. The molecule has 2 aromatic carbocycles. The molecular weight excluding hydrogens is 453 g/mol. The minimum absolute atomic E-state index is 0.0200. The van der Waals surface area contributed by atoms with Crippen LogP contribution in [0.25, 0.3) is 0 Å². The van der Waals surface area contributed by atoms with Crippen LogP contribution in [0, 0.1) is 15.9 Å². The van der Waals surface area contributed by atoms with Crippen molar-refractivity contribution in [2.24, 2.45) is 0 Å². The number of nitro groups is 1. The zero-order valence-electron chi connectivity index (χ0n) is 16.2. The van der Waals surface area contributed by atoms with E-state index in [-0.39, 0.29) is 47.2 Å². The number of carbonyl (C=O) groups excluding carboxylic acids is 2. The highest BCUT2D eigenvalue weighted by Crippen LogP contribution is 2.23. The third-order valence-corrected chi connectivity index (χ3v) is 6.20. The molecule has 0 radical (unpaired) electrons. The van der Waals surface area contributed by atoms with Crippen molar-refractivity contribution in [3.05, 3.63) is 68.5 Å². The lowest BCUT2D eigenvalue weighted by molar-refractivity contribution is -0.385. The van der Waals surface area contributed by atoms with Gasteiger partial charge in [-0.25, -0.2) is 12.8 Å². The molecule has 1 saturated heterocycles. The third kappa shape index (κ3) is 5.00. The third-order valence-electron chi connectivity index (χ3n) is 4.79. The average molecular weight is 470 g/mol. The fourth-order valence-corrected chi connectivity index (χ4v) is 4.08. The van der Waals surface area contributed by atoms with Crippen molar-refractivity contribution in [3.8, 4) is 0 Å². The van der Waals surface area contributed by atoms with E-state index in [2.05, 4.69) is 0 Å². The summed E-state index contributed by atoms with van der Waals surface area (Å²) in [6.45, 7) is 0.568. The topological polar surface area (TPSA) is 118 Å². The molecule has 0 bridgehead atoms. The van der Waals surface area contributed by atoms with Crippen LogP contribution in [0.3, 0.4) is 0 Å². The summed E-state index contributed by atoms with van der Waals surface area (Å²) in [5.74, 6) is -1.56. The number of hydrogen-bond donors (Lipinski definition) is 0. The number of nitro benzene ring substituents is 1. The fourth-order valence-electron chi connectivity index (χ4n) is 3.15. The Labute approximate surface area is 182 Å². The van der Waals surface area contributed by atoms with Crippen molar-refractivity contribution in [1.29, 1.82) is 0 Å². The van der Waals surface area contributed by atoms with Crippen LogP contribution >= 0.6 is 11.6 Å². The normalized spacial score (nSPS) is 14.4. The van der Waals surface area contributed by atoms with E-state index in [0.29, 0.717) is 0 Å². The highest BCUT2D eigenvalue weighted by Gasteiger charge is 2.28. The quantitative estimate of drug-likeness (QED) is 0.501. The first-order chi connectivity index (χ1) is 14.5. The van der Waals surface area contributed by atoms with Gasteiger partial charge in [0.2, 0.25) is 0 Å². The summed E-state index contributed by atoms with van der Waals surface area (Å²) in [6, 6.07) is 6.46. The second kappa shape index (κ2) is 8.60. The molecule has 2 aromatic rings. The zero-order valence-corrected chi connectivity index (χ0v) is 17.8. The molecule has 9 nitrogen and oxygen atoms in total. The fraction of sp³-hybridized carbons (Fsp3) is 0.263. The van der Waals surface area contributed by atoms with E-state index in [9.17, 15) is 32.5 Å². The van der Waals surface area contributed by atoms with Crippen molar-refractivity contribution in [2.45, 2.75) is 4.90 Å². The smallest absolute Gasteiger partial charge is 0.271 e. The molecular formula is C19H17ClFN3O6S. The molecule has 0 saturated carbocycles. The molecule has 2 amide bonds. The molecule has 0 unspecified atom stereocenters. The molecule has 0 aromatic heterocycles. The Bertz CT molecular complexity index is 1180. The monoisotopic (exact) mass is 469 g/mol. The van der Waals surface area contributed by atoms with Gasteiger partial charge in [0, 0.05) is 50.1 Å². The van der Waals surface area contributed by atoms with Crippen LogP contribution in [0.4, 0.5) is 10.1 Å². The van der Waals surface area contributed by atoms with Gasteiger partial charge in [-0.1, -0.05) is 11.6 Å². The van der Waals surface area contributed by atoms with Crippen molar-refractivity contribution < 1.29 is 27.3 Å². The van der Waals surface area contributed by atoms with Gasteiger partial charge in [-0.05, 0) is 24.3 Å². The van der Waals surface area contributed by atoms with Crippen LogP contribution < -0.4 is 0 Å². The Morgan fingerprint density at radius 3 is 2.13 bits per heavy atom. The molecule has 1 aliphatic heterocycles. The van der Waals surface area contributed by atoms with Crippen molar-refractivity contribution in [3.63, 3.8) is 0 Å². The van der Waals surface area contributed by atoms with E-state index in [1.807, 2.05) is 0 Å². The van der Waals surface area contributed by atoms with Crippen LogP contribution in [0.15, 0.2) is 41.3 Å². The summed E-state index contributed by atoms with van der Waals surface area (Å²) in [4.78, 5) is 38.3. The highest BCUT2D eigenvalue weighted by atomic mass is 35.5. The van der Waals surface area contributed by atoms with Crippen molar-refractivity contribution in [1.82, 2.24) is 9.80 Å². The summed E-state index contributed by atoms with van der Waals surface area (Å²) < 4.78 is 36.9. The Hall–Kier alpha value is -3.05. The number of halogens is 2. The van der Waals surface area contributed by atoms with Gasteiger partial charge in [0.05, 0.1) is 20.4 Å². The van der Waals surface area contributed by atoms with Crippen LogP contribution in [0.1, 0.15) is 20.7 Å². The molecule has 0 N–H and O–H groups in total. The lowest BCUT2D eigenvalue weighted by atomic mass is 10.1. The number of hydrogen-bond acceptors (Lipinski definition) is 6. The van der Waals surface area contributed by atoms with E-state index < -0.39 is 38.1 Å². The van der Waals surface area contributed by atoms with E-state index in [4.69, 9.17) is 11.6 Å². The van der Waals surface area contributed by atoms with E-state index in [1.165, 1.54) is 15.9 Å². The van der Waals surface area contributed by atoms with Crippen LogP contribution in [-0.4, -0.2) is 67.4 Å². The van der Waals surface area contributed by atoms with Crippen molar-refractivity contribution >= 4 is 38.9 Å². The summed E-state index contributed by atoms with van der Waals surface area (Å²) in [6.07, 6.45) is 0.894. The van der Waals surface area contributed by atoms with E-state index >= 15 is 0 Å². The maximum atomic E-state index is 13.2.